The van der Waals surface area contributed by atoms with E-state index in [1.165, 1.54) is 24.3 Å². The first-order valence-electron chi connectivity index (χ1n) is 7.36. The lowest BCUT2D eigenvalue weighted by molar-refractivity contribution is 0.101. The zero-order valence-electron chi connectivity index (χ0n) is 12.8. The lowest BCUT2D eigenvalue weighted by Crippen LogP contribution is -2.03. The van der Waals surface area contributed by atoms with Gasteiger partial charge in [-0.05, 0) is 36.4 Å². The van der Waals surface area contributed by atoms with E-state index in [1.54, 1.807) is 12.1 Å². The summed E-state index contributed by atoms with van der Waals surface area (Å²) in [6.45, 7) is 0. The molecule has 0 radical (unpaired) electrons. The summed E-state index contributed by atoms with van der Waals surface area (Å²) in [6.07, 6.45) is 0. The number of H-pyrrole nitrogens is 1. The number of halogens is 4. The first-order chi connectivity index (χ1) is 12.4. The fraction of sp³-hybridized carbons (Fsp3) is 0. The Bertz CT molecular complexity index is 1120. The van der Waals surface area contributed by atoms with E-state index in [4.69, 9.17) is 0 Å². The van der Waals surface area contributed by atoms with Gasteiger partial charge in [-0.15, -0.1) is 0 Å². The predicted octanol–water partition coefficient (Wildman–Crippen LogP) is 5.18. The molecule has 0 saturated carbocycles. The minimum absolute atomic E-state index is 0.00696. The lowest BCUT2D eigenvalue weighted by Gasteiger charge is -2.03. The molecule has 1 aromatic heterocycles. The number of aliphatic imine (C=N–C) groups is 1. The van der Waals surface area contributed by atoms with Crippen molar-refractivity contribution in [3.05, 3.63) is 73.7 Å². The number of hydrogen-bond donors (Lipinski definition) is 2. The Morgan fingerprint density at radius 3 is 2.08 bits per heavy atom. The van der Waals surface area contributed by atoms with Gasteiger partial charge in [0.05, 0.1) is 22.5 Å². The molecule has 1 aliphatic rings. The number of carbonyl (C=O) groups is 1. The lowest BCUT2D eigenvalue weighted by atomic mass is 10.00. The van der Waals surface area contributed by atoms with E-state index >= 15 is 0 Å². The van der Waals surface area contributed by atoms with Crippen LogP contribution in [0.3, 0.4) is 0 Å². The van der Waals surface area contributed by atoms with Crippen molar-refractivity contribution in [2.75, 3.05) is 0 Å². The summed E-state index contributed by atoms with van der Waals surface area (Å²) in [5.41, 5.74) is 0.356. The summed E-state index contributed by atoms with van der Waals surface area (Å²) in [5, 5.41) is 10.3. The maximum Gasteiger partial charge on any atom is 0.280 e. The second kappa shape index (κ2) is 6.14. The van der Waals surface area contributed by atoms with Crippen molar-refractivity contribution in [2.24, 2.45) is 4.99 Å². The number of fused-ring (bicyclic) bond motifs is 1. The molecule has 2 heterocycles. The first-order valence-corrected chi connectivity index (χ1v) is 8.94. The van der Waals surface area contributed by atoms with Crippen LogP contribution in [0, 0.1) is 11.6 Å². The molecule has 2 N–H and O–H groups in total. The van der Waals surface area contributed by atoms with Crippen LogP contribution in [0.15, 0.2) is 50.3 Å². The number of nitrogens with one attached hydrogen (secondary N) is 1. The smallest absolute Gasteiger partial charge is 0.280 e. The highest BCUT2D eigenvalue weighted by Gasteiger charge is 2.35. The average molecular weight is 482 g/mol. The van der Waals surface area contributed by atoms with Gasteiger partial charge >= 0.3 is 0 Å². The fourth-order valence-corrected chi connectivity index (χ4v) is 3.58. The monoisotopic (exact) mass is 480 g/mol. The van der Waals surface area contributed by atoms with Crippen molar-refractivity contribution in [1.29, 1.82) is 0 Å². The van der Waals surface area contributed by atoms with Crippen LogP contribution in [0.1, 0.15) is 21.5 Å². The van der Waals surface area contributed by atoms with E-state index in [9.17, 15) is 18.7 Å². The third-order valence-corrected chi connectivity index (χ3v) is 5.02. The van der Waals surface area contributed by atoms with Crippen LogP contribution in [-0.2, 0) is 0 Å². The summed E-state index contributed by atoms with van der Waals surface area (Å²) in [6, 6.07) is 8.61. The number of aromatic hydroxyl groups is 1. The van der Waals surface area contributed by atoms with Crippen LogP contribution in [0.4, 0.5) is 8.78 Å². The molecule has 2 aromatic carbocycles. The number of aromatic amines is 1. The topological polar surface area (TPSA) is 65.4 Å². The molecular formula is C18H8Br2F2N2O2. The highest BCUT2D eigenvalue weighted by molar-refractivity contribution is 9.10. The summed E-state index contributed by atoms with van der Waals surface area (Å²) in [7, 11) is 0. The van der Waals surface area contributed by atoms with Gasteiger partial charge in [-0.1, -0.05) is 31.9 Å². The number of carbonyl (C=O) groups excluding carboxylic acids is 1. The minimum Gasteiger partial charge on any atom is -0.494 e. The molecule has 8 heteroatoms. The number of amides is 1. The van der Waals surface area contributed by atoms with Gasteiger partial charge < -0.3 is 10.1 Å². The molecule has 4 nitrogen and oxygen atoms in total. The van der Waals surface area contributed by atoms with Gasteiger partial charge in [0, 0.05) is 20.1 Å². The van der Waals surface area contributed by atoms with Crippen molar-refractivity contribution in [3.63, 3.8) is 0 Å². The van der Waals surface area contributed by atoms with Crippen LogP contribution in [-0.4, -0.2) is 21.7 Å². The number of rotatable bonds is 2. The van der Waals surface area contributed by atoms with E-state index in [0.717, 1.165) is 0 Å². The summed E-state index contributed by atoms with van der Waals surface area (Å²) < 4.78 is 29.7. The predicted molar refractivity (Wildman–Crippen MR) is 99.6 cm³/mol. The van der Waals surface area contributed by atoms with Crippen LogP contribution < -0.4 is 0 Å². The quantitative estimate of drug-likeness (QED) is 0.529. The van der Waals surface area contributed by atoms with E-state index in [-0.39, 0.29) is 39.5 Å². The van der Waals surface area contributed by atoms with Gasteiger partial charge in [0.2, 0.25) is 0 Å². The van der Waals surface area contributed by atoms with Crippen LogP contribution >= 0.6 is 31.9 Å². The van der Waals surface area contributed by atoms with Crippen molar-refractivity contribution in [3.8, 4) is 17.1 Å². The first kappa shape index (κ1) is 17.1. The van der Waals surface area contributed by atoms with Gasteiger partial charge in [0.1, 0.15) is 11.6 Å². The van der Waals surface area contributed by atoms with Gasteiger partial charge in [0.15, 0.2) is 5.88 Å². The zero-order chi connectivity index (χ0) is 18.6. The highest BCUT2D eigenvalue weighted by atomic mass is 79.9. The standard InChI is InChI=1S/C18H8Br2F2N2O2/c19-7-1-3-9(11(21)5-7)15-13-14(18(26)23-15)16(24-17(13)25)10-4-2-8(20)6-12(10)22/h1-6,23,26H. The normalized spacial score (nSPS) is 13.1. The molecule has 0 saturated heterocycles. The Morgan fingerprint density at radius 1 is 0.923 bits per heavy atom. The zero-order valence-corrected chi connectivity index (χ0v) is 16.0. The largest absolute Gasteiger partial charge is 0.494 e. The molecule has 26 heavy (non-hydrogen) atoms. The van der Waals surface area contributed by atoms with E-state index in [2.05, 4.69) is 41.8 Å². The number of hydrogen-bond acceptors (Lipinski definition) is 2. The van der Waals surface area contributed by atoms with Crippen molar-refractivity contribution in [2.45, 2.75) is 0 Å². The number of nitrogens with zero attached hydrogens (tertiary/aromatic N) is 1. The van der Waals surface area contributed by atoms with Gasteiger partial charge in [-0.3, -0.25) is 4.79 Å². The van der Waals surface area contributed by atoms with Crippen molar-refractivity contribution >= 4 is 43.5 Å². The number of benzene rings is 2. The van der Waals surface area contributed by atoms with E-state index in [1.807, 2.05) is 0 Å². The molecule has 1 amide bonds. The van der Waals surface area contributed by atoms with Gasteiger partial charge in [0.25, 0.3) is 5.91 Å². The SMILES string of the molecule is O=C1N=C(c2ccc(Br)cc2F)c2c(O)[nH]c(-c3ccc(Br)cc3F)c21. The maximum absolute atomic E-state index is 14.3. The van der Waals surface area contributed by atoms with Crippen molar-refractivity contribution in [1.82, 2.24) is 4.98 Å². The minimum atomic E-state index is -0.675. The molecule has 0 atom stereocenters. The van der Waals surface area contributed by atoms with Crippen LogP contribution in [0.5, 0.6) is 5.88 Å². The van der Waals surface area contributed by atoms with Crippen molar-refractivity contribution < 1.29 is 18.7 Å². The highest BCUT2D eigenvalue weighted by Crippen LogP contribution is 2.39. The Morgan fingerprint density at radius 2 is 1.50 bits per heavy atom. The number of aromatic nitrogens is 1. The molecule has 130 valence electrons. The summed E-state index contributed by atoms with van der Waals surface area (Å²) in [5.74, 6) is -2.23. The Balaban J connectivity index is 1.92. The molecule has 3 aromatic rings. The Kier molecular flexibility index (Phi) is 4.04. The maximum atomic E-state index is 14.3. The van der Waals surface area contributed by atoms with E-state index in [0.29, 0.717) is 8.95 Å². The molecule has 0 unspecified atom stereocenters. The second-order valence-electron chi connectivity index (χ2n) is 5.61. The molecule has 0 bridgehead atoms. The average Bonchev–Trinajstić information content (AvgIpc) is 3.07. The van der Waals surface area contributed by atoms with E-state index < -0.39 is 17.5 Å². The van der Waals surface area contributed by atoms with Gasteiger partial charge in [-0.25, -0.2) is 13.8 Å². The molecule has 0 aliphatic carbocycles. The summed E-state index contributed by atoms with van der Waals surface area (Å²) >= 11 is 6.33. The van der Waals surface area contributed by atoms with Crippen LogP contribution in [0.25, 0.3) is 11.3 Å². The van der Waals surface area contributed by atoms with Gasteiger partial charge in [-0.2, -0.15) is 0 Å². The third-order valence-electron chi connectivity index (χ3n) is 4.03. The van der Waals surface area contributed by atoms with Crippen LogP contribution in [0.2, 0.25) is 0 Å². The second-order valence-corrected chi connectivity index (χ2v) is 7.44. The molecule has 0 fully saturated rings. The fourth-order valence-electron chi connectivity index (χ4n) is 2.92. The molecule has 1 aliphatic heterocycles. The molecule has 4 rings (SSSR count). The third kappa shape index (κ3) is 2.60. The Hall–Kier alpha value is -2.32. The molecule has 0 spiro atoms. The molecular weight excluding hydrogens is 474 g/mol. The summed E-state index contributed by atoms with van der Waals surface area (Å²) in [4.78, 5) is 18.9. The Labute approximate surface area is 162 Å².